The van der Waals surface area contributed by atoms with Crippen molar-refractivity contribution in [1.29, 1.82) is 0 Å². The van der Waals surface area contributed by atoms with E-state index in [4.69, 9.17) is 0 Å². The summed E-state index contributed by atoms with van der Waals surface area (Å²) in [6, 6.07) is 0.265. The number of ether oxygens (including phenoxy) is 1. The number of aliphatic hydroxyl groups is 1. The Balaban J connectivity index is 2.39. The molecule has 0 bridgehead atoms. The summed E-state index contributed by atoms with van der Waals surface area (Å²) in [6.45, 7) is 6.60. The van der Waals surface area contributed by atoms with E-state index >= 15 is 0 Å². The first-order valence-electron chi connectivity index (χ1n) is 6.40. The number of methoxy groups -OCH3 is 1. The number of likely N-dealkylation sites (tertiary alicyclic amines) is 1. The Morgan fingerprint density at radius 3 is 2.82 bits per heavy atom. The van der Waals surface area contributed by atoms with Crippen LogP contribution in [0.2, 0.25) is 0 Å². The second kappa shape index (κ2) is 6.36. The molecule has 1 saturated heterocycles. The maximum Gasteiger partial charge on any atom is 0.305 e. The van der Waals surface area contributed by atoms with Crippen molar-refractivity contribution < 1.29 is 14.6 Å². The Morgan fingerprint density at radius 1 is 1.53 bits per heavy atom. The molecular weight excluding hydrogens is 218 g/mol. The third-order valence-electron chi connectivity index (χ3n) is 3.57. The highest BCUT2D eigenvalue weighted by Crippen LogP contribution is 2.31. The Hall–Kier alpha value is -0.610. The molecule has 0 amide bonds. The summed E-state index contributed by atoms with van der Waals surface area (Å²) in [4.78, 5) is 13.4. The average Bonchev–Trinajstić information content (AvgIpc) is 2.28. The number of nitrogens with zero attached hydrogens (tertiary/aromatic N) is 1. The van der Waals surface area contributed by atoms with Gasteiger partial charge < -0.3 is 9.84 Å². The lowest BCUT2D eigenvalue weighted by atomic mass is 9.81. The predicted molar refractivity (Wildman–Crippen MR) is 66.7 cm³/mol. The fourth-order valence-corrected chi connectivity index (χ4v) is 2.49. The summed E-state index contributed by atoms with van der Waals surface area (Å²) in [5.74, 6) is -0.151. The van der Waals surface area contributed by atoms with Gasteiger partial charge in [-0.15, -0.1) is 0 Å². The van der Waals surface area contributed by atoms with Crippen molar-refractivity contribution in [3.05, 3.63) is 0 Å². The second-order valence-corrected chi connectivity index (χ2v) is 5.69. The van der Waals surface area contributed by atoms with E-state index in [1.807, 2.05) is 0 Å². The quantitative estimate of drug-likeness (QED) is 0.742. The molecule has 0 spiro atoms. The van der Waals surface area contributed by atoms with Crippen LogP contribution in [0.1, 0.15) is 39.5 Å². The van der Waals surface area contributed by atoms with Crippen molar-refractivity contribution in [3.8, 4) is 0 Å². The van der Waals surface area contributed by atoms with Crippen molar-refractivity contribution in [3.63, 3.8) is 0 Å². The van der Waals surface area contributed by atoms with E-state index in [1.54, 1.807) is 0 Å². The van der Waals surface area contributed by atoms with Crippen LogP contribution in [0.5, 0.6) is 0 Å². The molecule has 100 valence electrons. The Bertz CT molecular complexity index is 253. The molecule has 1 fully saturated rings. The highest BCUT2D eigenvalue weighted by Gasteiger charge is 2.32. The molecule has 17 heavy (non-hydrogen) atoms. The molecule has 0 radical (unpaired) electrons. The smallest absolute Gasteiger partial charge is 0.305 e. The van der Waals surface area contributed by atoms with E-state index in [1.165, 1.54) is 7.11 Å². The molecule has 1 aliphatic heterocycles. The molecule has 1 unspecified atom stereocenters. The van der Waals surface area contributed by atoms with Gasteiger partial charge in [0.15, 0.2) is 0 Å². The van der Waals surface area contributed by atoms with Crippen molar-refractivity contribution in [2.45, 2.75) is 45.6 Å². The number of aliphatic hydroxyl groups excluding tert-OH is 1. The minimum absolute atomic E-state index is 0.151. The van der Waals surface area contributed by atoms with Crippen molar-refractivity contribution >= 4 is 5.97 Å². The first kappa shape index (κ1) is 14.5. The summed E-state index contributed by atoms with van der Waals surface area (Å²) in [6.07, 6.45) is 3.47. The summed E-state index contributed by atoms with van der Waals surface area (Å²) in [5, 5.41) is 9.35. The van der Waals surface area contributed by atoms with E-state index < -0.39 is 0 Å². The van der Waals surface area contributed by atoms with Crippen molar-refractivity contribution in [2.24, 2.45) is 5.41 Å². The number of carbonyl (C=O) groups excluding carboxylic acids is 1. The molecule has 1 heterocycles. The summed E-state index contributed by atoms with van der Waals surface area (Å²) in [7, 11) is 1.42. The minimum atomic E-state index is -0.151. The fourth-order valence-electron chi connectivity index (χ4n) is 2.49. The molecule has 1 rings (SSSR count). The lowest BCUT2D eigenvalue weighted by molar-refractivity contribution is -0.140. The van der Waals surface area contributed by atoms with Gasteiger partial charge in [-0.05, 0) is 31.2 Å². The minimum Gasteiger partial charge on any atom is -0.469 e. The van der Waals surface area contributed by atoms with Crippen molar-refractivity contribution in [2.75, 3.05) is 26.8 Å². The molecule has 1 N–H and O–H groups in total. The van der Waals surface area contributed by atoms with Crippen molar-refractivity contribution in [1.82, 2.24) is 4.90 Å². The maximum atomic E-state index is 11.0. The fraction of sp³-hybridized carbons (Fsp3) is 0.923. The maximum absolute atomic E-state index is 11.0. The van der Waals surface area contributed by atoms with Crippen LogP contribution in [-0.2, 0) is 9.53 Å². The highest BCUT2D eigenvalue weighted by atomic mass is 16.5. The molecule has 1 atom stereocenters. The number of hydrogen-bond acceptors (Lipinski definition) is 4. The molecule has 0 aliphatic carbocycles. The topological polar surface area (TPSA) is 49.8 Å². The summed E-state index contributed by atoms with van der Waals surface area (Å²) in [5.41, 5.74) is 0.316. The number of rotatable bonds is 5. The number of hydrogen-bond donors (Lipinski definition) is 1. The summed E-state index contributed by atoms with van der Waals surface area (Å²) >= 11 is 0. The average molecular weight is 243 g/mol. The largest absolute Gasteiger partial charge is 0.469 e. The van der Waals surface area contributed by atoms with Gasteiger partial charge in [0.1, 0.15) is 0 Å². The zero-order valence-electron chi connectivity index (χ0n) is 11.2. The van der Waals surface area contributed by atoms with Crippen LogP contribution in [-0.4, -0.2) is 48.8 Å². The van der Waals surface area contributed by atoms with E-state index in [0.29, 0.717) is 11.8 Å². The van der Waals surface area contributed by atoms with Crippen LogP contribution >= 0.6 is 0 Å². The number of esters is 1. The van der Waals surface area contributed by atoms with Crippen LogP contribution in [0.25, 0.3) is 0 Å². The van der Waals surface area contributed by atoms with Crippen LogP contribution in [0.15, 0.2) is 0 Å². The highest BCUT2D eigenvalue weighted by molar-refractivity contribution is 5.69. The van der Waals surface area contributed by atoms with Crippen LogP contribution < -0.4 is 0 Å². The van der Waals surface area contributed by atoms with E-state index in [-0.39, 0.29) is 18.6 Å². The number of piperidine rings is 1. The first-order chi connectivity index (χ1) is 7.98. The van der Waals surface area contributed by atoms with Crippen LogP contribution in [0.4, 0.5) is 0 Å². The van der Waals surface area contributed by atoms with Gasteiger partial charge in [0.2, 0.25) is 0 Å². The van der Waals surface area contributed by atoms with E-state index in [0.717, 1.165) is 32.4 Å². The molecule has 1 aliphatic rings. The third-order valence-corrected chi connectivity index (χ3v) is 3.57. The van der Waals surface area contributed by atoms with Gasteiger partial charge >= 0.3 is 5.97 Å². The first-order valence-corrected chi connectivity index (χ1v) is 6.40. The lowest BCUT2D eigenvalue weighted by Gasteiger charge is -2.43. The molecule has 0 saturated carbocycles. The standard InChI is InChI=1S/C13H25NO3/c1-13(2)7-6-11(9-15)14(10-13)8-4-5-12(16)17-3/h11,15H,4-10H2,1-3H3. The molecule has 0 aromatic rings. The zero-order valence-corrected chi connectivity index (χ0v) is 11.2. The molecule has 4 nitrogen and oxygen atoms in total. The van der Waals surface area contributed by atoms with Crippen LogP contribution in [0, 0.1) is 5.41 Å². The second-order valence-electron chi connectivity index (χ2n) is 5.69. The molecule has 4 heteroatoms. The number of carbonyl (C=O) groups is 1. The van der Waals surface area contributed by atoms with Gasteiger partial charge in [-0.1, -0.05) is 13.8 Å². The van der Waals surface area contributed by atoms with Gasteiger partial charge in [-0.25, -0.2) is 0 Å². The van der Waals surface area contributed by atoms with Gasteiger partial charge in [0, 0.05) is 19.0 Å². The monoisotopic (exact) mass is 243 g/mol. The zero-order chi connectivity index (χ0) is 12.9. The normalized spacial score (nSPS) is 24.6. The lowest BCUT2D eigenvalue weighted by Crippen LogP contribution is -2.48. The van der Waals surface area contributed by atoms with E-state index in [9.17, 15) is 9.90 Å². The van der Waals surface area contributed by atoms with Gasteiger partial charge in [-0.3, -0.25) is 9.69 Å². The Kier molecular flexibility index (Phi) is 5.40. The molecule has 0 aromatic heterocycles. The van der Waals surface area contributed by atoms with Gasteiger partial charge in [0.05, 0.1) is 13.7 Å². The molecular formula is C13H25NO3. The predicted octanol–water partition coefficient (Wildman–Crippen LogP) is 1.42. The molecule has 0 aromatic carbocycles. The van der Waals surface area contributed by atoms with E-state index in [2.05, 4.69) is 23.5 Å². The van der Waals surface area contributed by atoms with Gasteiger partial charge in [0.25, 0.3) is 0 Å². The SMILES string of the molecule is COC(=O)CCCN1CC(C)(C)CCC1CO. The third kappa shape index (κ3) is 4.64. The summed E-state index contributed by atoms with van der Waals surface area (Å²) < 4.78 is 4.63. The van der Waals surface area contributed by atoms with Gasteiger partial charge in [-0.2, -0.15) is 0 Å². The Labute approximate surface area is 104 Å². The Morgan fingerprint density at radius 2 is 2.24 bits per heavy atom. The van der Waals surface area contributed by atoms with Crippen LogP contribution in [0.3, 0.4) is 0 Å².